The fourth-order valence-electron chi connectivity index (χ4n) is 2.35. The lowest BCUT2D eigenvalue weighted by molar-refractivity contribution is 0.252. The molecule has 2 heteroatoms. The maximum atomic E-state index is 5.90. The average Bonchev–Trinajstić information content (AvgIpc) is 2.10. The van der Waals surface area contributed by atoms with Gasteiger partial charge >= 0.3 is 0 Å². The third-order valence-corrected chi connectivity index (χ3v) is 3.97. The summed E-state index contributed by atoms with van der Waals surface area (Å²) in [7, 11) is 0. The van der Waals surface area contributed by atoms with Crippen LogP contribution in [0.5, 0.6) is 0 Å². The Morgan fingerprint density at radius 1 is 1.43 bits per heavy atom. The van der Waals surface area contributed by atoms with E-state index in [0.717, 1.165) is 11.0 Å². The van der Waals surface area contributed by atoms with E-state index in [-0.39, 0.29) is 5.41 Å². The van der Waals surface area contributed by atoms with Crippen LogP contribution >= 0.6 is 15.9 Å². The summed E-state index contributed by atoms with van der Waals surface area (Å²) >= 11 is 3.53. The summed E-state index contributed by atoms with van der Waals surface area (Å²) < 4.78 is 1.16. The summed E-state index contributed by atoms with van der Waals surface area (Å²) in [6, 6.07) is 6.51. The number of hydrogen-bond acceptors (Lipinski definition) is 1. The van der Waals surface area contributed by atoms with Crippen LogP contribution in [-0.2, 0) is 5.41 Å². The van der Waals surface area contributed by atoms with E-state index in [2.05, 4.69) is 41.1 Å². The maximum Gasteiger partial charge on any atom is 0.0178 e. The molecule has 0 heterocycles. The SMILES string of the molecule is Cc1ccc(Br)cc1C1(CN)CCC1. The lowest BCUT2D eigenvalue weighted by Gasteiger charge is -2.42. The van der Waals surface area contributed by atoms with Crippen LogP contribution in [0.25, 0.3) is 0 Å². The Labute approximate surface area is 93.8 Å². The van der Waals surface area contributed by atoms with E-state index < -0.39 is 0 Å². The summed E-state index contributed by atoms with van der Waals surface area (Å²) in [5.74, 6) is 0. The van der Waals surface area contributed by atoms with Crippen molar-refractivity contribution in [3.8, 4) is 0 Å². The number of rotatable bonds is 2. The number of benzene rings is 1. The van der Waals surface area contributed by atoms with Crippen molar-refractivity contribution in [2.75, 3.05) is 6.54 Å². The van der Waals surface area contributed by atoms with Crippen LogP contribution < -0.4 is 5.73 Å². The van der Waals surface area contributed by atoms with Gasteiger partial charge in [0.25, 0.3) is 0 Å². The van der Waals surface area contributed by atoms with Crippen LogP contribution in [0.15, 0.2) is 22.7 Å². The molecule has 76 valence electrons. The molecule has 0 unspecified atom stereocenters. The lowest BCUT2D eigenvalue weighted by atomic mass is 9.63. The van der Waals surface area contributed by atoms with Gasteiger partial charge in [0.1, 0.15) is 0 Å². The first kappa shape index (κ1) is 10.2. The molecule has 1 aromatic carbocycles. The normalized spacial score (nSPS) is 19.1. The van der Waals surface area contributed by atoms with Crippen LogP contribution in [0.2, 0.25) is 0 Å². The van der Waals surface area contributed by atoms with Gasteiger partial charge in [-0.25, -0.2) is 0 Å². The van der Waals surface area contributed by atoms with Gasteiger partial charge < -0.3 is 5.73 Å². The average molecular weight is 254 g/mol. The summed E-state index contributed by atoms with van der Waals surface area (Å²) in [5.41, 5.74) is 9.01. The van der Waals surface area contributed by atoms with E-state index in [9.17, 15) is 0 Å². The quantitative estimate of drug-likeness (QED) is 0.862. The largest absolute Gasteiger partial charge is 0.330 e. The third-order valence-electron chi connectivity index (χ3n) is 3.47. The summed E-state index contributed by atoms with van der Waals surface area (Å²) in [4.78, 5) is 0. The van der Waals surface area contributed by atoms with Crippen molar-refractivity contribution in [1.29, 1.82) is 0 Å². The first-order valence-electron chi connectivity index (χ1n) is 5.15. The van der Waals surface area contributed by atoms with E-state index in [1.54, 1.807) is 0 Å². The highest BCUT2D eigenvalue weighted by Crippen LogP contribution is 2.44. The second kappa shape index (κ2) is 3.67. The van der Waals surface area contributed by atoms with E-state index >= 15 is 0 Å². The smallest absolute Gasteiger partial charge is 0.0178 e. The molecule has 2 rings (SSSR count). The summed E-state index contributed by atoms with van der Waals surface area (Å²) in [6.07, 6.45) is 3.82. The van der Waals surface area contributed by atoms with Gasteiger partial charge in [0.15, 0.2) is 0 Å². The molecule has 14 heavy (non-hydrogen) atoms. The molecule has 0 amide bonds. The minimum Gasteiger partial charge on any atom is -0.330 e. The molecule has 2 N–H and O–H groups in total. The Balaban J connectivity index is 2.43. The molecular weight excluding hydrogens is 238 g/mol. The first-order chi connectivity index (χ1) is 6.68. The number of nitrogens with two attached hydrogens (primary N) is 1. The lowest BCUT2D eigenvalue weighted by Crippen LogP contribution is -2.42. The highest BCUT2D eigenvalue weighted by atomic mass is 79.9. The zero-order valence-electron chi connectivity index (χ0n) is 8.52. The molecule has 1 aliphatic rings. The van der Waals surface area contributed by atoms with E-state index in [1.807, 2.05) is 0 Å². The zero-order chi connectivity index (χ0) is 10.2. The van der Waals surface area contributed by atoms with Crippen molar-refractivity contribution in [2.45, 2.75) is 31.6 Å². The van der Waals surface area contributed by atoms with Crippen LogP contribution in [0, 0.1) is 6.92 Å². The van der Waals surface area contributed by atoms with E-state index in [0.29, 0.717) is 0 Å². The Morgan fingerprint density at radius 2 is 2.14 bits per heavy atom. The minimum atomic E-state index is 0.286. The Kier molecular flexibility index (Phi) is 2.67. The second-order valence-electron chi connectivity index (χ2n) is 4.30. The van der Waals surface area contributed by atoms with Gasteiger partial charge in [-0.15, -0.1) is 0 Å². The molecule has 1 aliphatic carbocycles. The Hall–Kier alpha value is -0.340. The van der Waals surface area contributed by atoms with Crippen molar-refractivity contribution >= 4 is 15.9 Å². The van der Waals surface area contributed by atoms with Crippen LogP contribution in [0.4, 0.5) is 0 Å². The van der Waals surface area contributed by atoms with E-state index in [1.165, 1.54) is 30.4 Å². The van der Waals surface area contributed by atoms with Crippen LogP contribution in [0.1, 0.15) is 30.4 Å². The number of aryl methyl sites for hydroxylation is 1. The second-order valence-corrected chi connectivity index (χ2v) is 5.21. The van der Waals surface area contributed by atoms with Crippen LogP contribution in [0.3, 0.4) is 0 Å². The molecule has 1 fully saturated rings. The molecule has 0 atom stereocenters. The monoisotopic (exact) mass is 253 g/mol. The molecular formula is C12H16BrN. The molecule has 1 nitrogen and oxygen atoms in total. The van der Waals surface area contributed by atoms with Crippen molar-refractivity contribution in [3.63, 3.8) is 0 Å². The summed E-state index contributed by atoms with van der Waals surface area (Å²) in [6.45, 7) is 2.96. The standard InChI is InChI=1S/C12H16BrN/c1-9-3-4-10(13)7-11(9)12(8-14)5-2-6-12/h3-4,7H,2,5-6,8,14H2,1H3. The van der Waals surface area contributed by atoms with Gasteiger partial charge in [-0.1, -0.05) is 28.4 Å². The zero-order valence-corrected chi connectivity index (χ0v) is 10.1. The number of halogens is 1. The van der Waals surface area contributed by atoms with Gasteiger partial charge in [-0.2, -0.15) is 0 Å². The van der Waals surface area contributed by atoms with Crippen molar-refractivity contribution in [1.82, 2.24) is 0 Å². The minimum absolute atomic E-state index is 0.286. The van der Waals surface area contributed by atoms with E-state index in [4.69, 9.17) is 5.73 Å². The summed E-state index contributed by atoms with van der Waals surface area (Å²) in [5, 5.41) is 0. The van der Waals surface area contributed by atoms with Crippen LogP contribution in [-0.4, -0.2) is 6.54 Å². The highest BCUT2D eigenvalue weighted by Gasteiger charge is 2.38. The first-order valence-corrected chi connectivity index (χ1v) is 5.94. The number of hydrogen-bond donors (Lipinski definition) is 1. The molecule has 0 saturated heterocycles. The maximum absolute atomic E-state index is 5.90. The van der Waals surface area contributed by atoms with Gasteiger partial charge in [-0.05, 0) is 43.0 Å². The topological polar surface area (TPSA) is 26.0 Å². The van der Waals surface area contributed by atoms with Gasteiger partial charge in [-0.3, -0.25) is 0 Å². The molecule has 1 saturated carbocycles. The van der Waals surface area contributed by atoms with Gasteiger partial charge in [0, 0.05) is 16.4 Å². The molecule has 0 bridgehead atoms. The molecule has 1 aromatic rings. The highest BCUT2D eigenvalue weighted by molar-refractivity contribution is 9.10. The predicted octanol–water partition coefficient (Wildman–Crippen LogP) is 3.14. The van der Waals surface area contributed by atoms with Crippen molar-refractivity contribution < 1.29 is 0 Å². The Bertz CT molecular complexity index is 337. The van der Waals surface area contributed by atoms with Crippen molar-refractivity contribution in [2.24, 2.45) is 5.73 Å². The molecule has 0 aliphatic heterocycles. The molecule has 0 spiro atoms. The molecule has 0 aromatic heterocycles. The fraction of sp³-hybridized carbons (Fsp3) is 0.500. The fourth-order valence-corrected chi connectivity index (χ4v) is 2.71. The van der Waals surface area contributed by atoms with Gasteiger partial charge in [0.05, 0.1) is 0 Å². The third kappa shape index (κ3) is 1.51. The Morgan fingerprint density at radius 3 is 2.64 bits per heavy atom. The molecule has 0 radical (unpaired) electrons. The van der Waals surface area contributed by atoms with Crippen molar-refractivity contribution in [3.05, 3.63) is 33.8 Å². The van der Waals surface area contributed by atoms with Gasteiger partial charge in [0.2, 0.25) is 0 Å². The predicted molar refractivity (Wildman–Crippen MR) is 63.5 cm³/mol.